The van der Waals surface area contributed by atoms with E-state index in [1.807, 2.05) is 25.1 Å². The third-order valence-electron chi connectivity index (χ3n) is 2.42. The monoisotopic (exact) mass is 231 g/mol. The van der Waals surface area contributed by atoms with Gasteiger partial charge < -0.3 is 10.2 Å². The minimum Gasteiger partial charge on any atom is -0.443 e. The summed E-state index contributed by atoms with van der Waals surface area (Å²) in [5, 5.41) is 0.591. The fourth-order valence-corrected chi connectivity index (χ4v) is 2.40. The zero-order valence-corrected chi connectivity index (χ0v) is 9.41. The summed E-state index contributed by atoms with van der Waals surface area (Å²) < 4.78 is 5.19. The molecule has 16 heavy (non-hydrogen) atoms. The maximum Gasteiger partial charge on any atom is 0.181 e. The van der Waals surface area contributed by atoms with Crippen LogP contribution < -0.4 is 5.73 Å². The summed E-state index contributed by atoms with van der Waals surface area (Å²) in [7, 11) is 0. The Morgan fingerprint density at radius 3 is 3.00 bits per heavy atom. The van der Waals surface area contributed by atoms with Gasteiger partial charge in [0.05, 0.1) is 5.69 Å². The molecule has 4 nitrogen and oxygen atoms in total. The second kappa shape index (κ2) is 3.31. The number of hydrogen-bond donors (Lipinski definition) is 1. The van der Waals surface area contributed by atoms with Gasteiger partial charge in [-0.25, -0.2) is 9.97 Å². The molecular formula is C11H9N3OS. The van der Waals surface area contributed by atoms with Crippen LogP contribution >= 0.6 is 11.3 Å². The van der Waals surface area contributed by atoms with E-state index >= 15 is 0 Å². The van der Waals surface area contributed by atoms with Crippen LogP contribution in [-0.4, -0.2) is 9.97 Å². The minimum atomic E-state index is 0.591. The number of benzene rings is 1. The average Bonchev–Trinajstić information content (AvgIpc) is 2.83. The van der Waals surface area contributed by atoms with Crippen LogP contribution in [-0.2, 0) is 0 Å². The largest absolute Gasteiger partial charge is 0.443 e. The smallest absolute Gasteiger partial charge is 0.181 e. The summed E-state index contributed by atoms with van der Waals surface area (Å²) in [5.74, 6) is 0. The van der Waals surface area contributed by atoms with Gasteiger partial charge in [-0.3, -0.25) is 0 Å². The summed E-state index contributed by atoms with van der Waals surface area (Å²) in [5.41, 5.74) is 9.25. The molecule has 0 unspecified atom stereocenters. The molecule has 2 N–H and O–H groups in total. The van der Waals surface area contributed by atoms with Crippen molar-refractivity contribution in [3.05, 3.63) is 29.5 Å². The number of anilines is 1. The van der Waals surface area contributed by atoms with E-state index in [0.717, 1.165) is 27.2 Å². The van der Waals surface area contributed by atoms with Gasteiger partial charge in [0, 0.05) is 10.4 Å². The molecule has 1 aromatic carbocycles. The van der Waals surface area contributed by atoms with Crippen molar-refractivity contribution in [1.29, 1.82) is 0 Å². The fraction of sp³-hybridized carbons (Fsp3) is 0.0909. The molecule has 2 aromatic heterocycles. The summed E-state index contributed by atoms with van der Waals surface area (Å²) in [6.07, 6.45) is 1.44. The quantitative estimate of drug-likeness (QED) is 0.699. The SMILES string of the molecule is Cc1sc(N)nc1-c1ccc2ocnc2c1. The van der Waals surface area contributed by atoms with Crippen LogP contribution in [0.3, 0.4) is 0 Å². The van der Waals surface area contributed by atoms with Gasteiger partial charge in [0.1, 0.15) is 5.52 Å². The third-order valence-corrected chi connectivity index (χ3v) is 3.22. The van der Waals surface area contributed by atoms with Gasteiger partial charge in [-0.1, -0.05) is 0 Å². The Labute approximate surface area is 95.7 Å². The van der Waals surface area contributed by atoms with Crippen molar-refractivity contribution >= 4 is 27.6 Å². The lowest BCUT2D eigenvalue weighted by molar-refractivity contribution is 0.602. The zero-order chi connectivity index (χ0) is 11.1. The van der Waals surface area contributed by atoms with E-state index in [4.69, 9.17) is 10.2 Å². The summed E-state index contributed by atoms with van der Waals surface area (Å²) in [6.45, 7) is 2.01. The minimum absolute atomic E-state index is 0.591. The molecular weight excluding hydrogens is 222 g/mol. The van der Waals surface area contributed by atoms with Gasteiger partial charge in [-0.2, -0.15) is 0 Å². The molecule has 0 aliphatic heterocycles. The molecule has 0 fully saturated rings. The summed E-state index contributed by atoms with van der Waals surface area (Å²) in [4.78, 5) is 9.54. The first-order valence-electron chi connectivity index (χ1n) is 4.80. The molecule has 0 aliphatic rings. The molecule has 0 bridgehead atoms. The predicted molar refractivity (Wildman–Crippen MR) is 64.3 cm³/mol. The molecule has 80 valence electrons. The Morgan fingerprint density at radius 2 is 2.25 bits per heavy atom. The lowest BCUT2D eigenvalue weighted by Crippen LogP contribution is -1.84. The number of aryl methyl sites for hydroxylation is 1. The first-order valence-corrected chi connectivity index (χ1v) is 5.62. The van der Waals surface area contributed by atoms with Gasteiger partial charge in [0.25, 0.3) is 0 Å². The molecule has 0 saturated heterocycles. The standard InChI is InChI=1S/C11H9N3OS/c1-6-10(14-11(12)16-6)7-2-3-9-8(4-7)13-5-15-9/h2-5H,1H3,(H2,12,14). The van der Waals surface area contributed by atoms with Crippen LogP contribution in [0.2, 0.25) is 0 Å². The molecule has 0 saturated carbocycles. The van der Waals surface area contributed by atoms with Gasteiger partial charge in [-0.15, -0.1) is 11.3 Å². The van der Waals surface area contributed by atoms with Gasteiger partial charge in [-0.05, 0) is 25.1 Å². The van der Waals surface area contributed by atoms with Crippen LogP contribution in [0.15, 0.2) is 29.0 Å². The Morgan fingerprint density at radius 1 is 1.38 bits per heavy atom. The van der Waals surface area contributed by atoms with Crippen molar-refractivity contribution in [2.45, 2.75) is 6.92 Å². The number of aromatic nitrogens is 2. The van der Waals surface area contributed by atoms with E-state index in [0.29, 0.717) is 5.13 Å². The highest BCUT2D eigenvalue weighted by Gasteiger charge is 2.09. The molecule has 5 heteroatoms. The average molecular weight is 231 g/mol. The van der Waals surface area contributed by atoms with Crippen LogP contribution in [0.4, 0.5) is 5.13 Å². The van der Waals surface area contributed by atoms with Crippen molar-refractivity contribution in [1.82, 2.24) is 9.97 Å². The highest BCUT2D eigenvalue weighted by molar-refractivity contribution is 7.15. The molecule has 3 rings (SSSR count). The maximum absolute atomic E-state index is 5.68. The Balaban J connectivity index is 2.21. The fourth-order valence-electron chi connectivity index (χ4n) is 1.69. The normalized spacial score (nSPS) is 11.1. The van der Waals surface area contributed by atoms with Gasteiger partial charge in [0.15, 0.2) is 17.1 Å². The van der Waals surface area contributed by atoms with Crippen molar-refractivity contribution in [3.8, 4) is 11.3 Å². The molecule has 0 amide bonds. The molecule has 0 atom stereocenters. The summed E-state index contributed by atoms with van der Waals surface area (Å²) >= 11 is 1.49. The molecule has 0 aliphatic carbocycles. The predicted octanol–water partition coefficient (Wildman–Crippen LogP) is 2.84. The second-order valence-electron chi connectivity index (χ2n) is 3.49. The Hall–Kier alpha value is -1.88. The van der Waals surface area contributed by atoms with Crippen LogP contribution in [0.5, 0.6) is 0 Å². The number of nitrogens with zero attached hydrogens (tertiary/aromatic N) is 2. The van der Waals surface area contributed by atoms with E-state index in [2.05, 4.69) is 9.97 Å². The van der Waals surface area contributed by atoms with Crippen molar-refractivity contribution < 1.29 is 4.42 Å². The number of thiazole rings is 1. The van der Waals surface area contributed by atoms with Crippen LogP contribution in [0.25, 0.3) is 22.4 Å². The molecule has 2 heterocycles. The number of fused-ring (bicyclic) bond motifs is 1. The van der Waals surface area contributed by atoms with E-state index in [1.165, 1.54) is 17.7 Å². The van der Waals surface area contributed by atoms with E-state index in [-0.39, 0.29) is 0 Å². The highest BCUT2D eigenvalue weighted by atomic mass is 32.1. The van der Waals surface area contributed by atoms with Crippen molar-refractivity contribution in [2.75, 3.05) is 5.73 Å². The van der Waals surface area contributed by atoms with Crippen molar-refractivity contribution in [3.63, 3.8) is 0 Å². The Bertz CT molecular complexity index is 656. The van der Waals surface area contributed by atoms with Gasteiger partial charge >= 0.3 is 0 Å². The molecule has 3 aromatic rings. The third kappa shape index (κ3) is 1.37. The molecule has 0 radical (unpaired) electrons. The van der Waals surface area contributed by atoms with Crippen molar-refractivity contribution in [2.24, 2.45) is 0 Å². The first-order chi connectivity index (χ1) is 7.74. The topological polar surface area (TPSA) is 64.9 Å². The highest BCUT2D eigenvalue weighted by Crippen LogP contribution is 2.30. The first kappa shape index (κ1) is 9.35. The lowest BCUT2D eigenvalue weighted by atomic mass is 10.1. The second-order valence-corrected chi connectivity index (χ2v) is 4.73. The van der Waals surface area contributed by atoms with E-state index < -0.39 is 0 Å². The summed E-state index contributed by atoms with van der Waals surface area (Å²) in [6, 6.07) is 5.82. The maximum atomic E-state index is 5.68. The number of oxazole rings is 1. The number of nitrogen functional groups attached to an aromatic ring is 1. The zero-order valence-electron chi connectivity index (χ0n) is 8.60. The number of rotatable bonds is 1. The van der Waals surface area contributed by atoms with E-state index in [1.54, 1.807) is 0 Å². The van der Waals surface area contributed by atoms with E-state index in [9.17, 15) is 0 Å². The van der Waals surface area contributed by atoms with Gasteiger partial charge in [0.2, 0.25) is 0 Å². The molecule has 0 spiro atoms. The van der Waals surface area contributed by atoms with Crippen LogP contribution in [0.1, 0.15) is 4.88 Å². The van der Waals surface area contributed by atoms with Crippen LogP contribution in [0, 0.1) is 6.92 Å². The number of nitrogens with two attached hydrogens (primary N) is 1. The lowest BCUT2D eigenvalue weighted by Gasteiger charge is -1.97. The Kier molecular flexibility index (Phi) is 1.94. The number of hydrogen-bond acceptors (Lipinski definition) is 5.